The molecular formula is C18H24N4O2. The first-order valence-corrected chi connectivity index (χ1v) is 7.88. The summed E-state index contributed by atoms with van der Waals surface area (Å²) in [6.45, 7) is 6.56. The standard InChI is InChI=1S/C18H24N4O2/c1-11(2)10-24-14-8-6-7-13(9-14)16-15(17(23)22(4)5)12(3)20-18(19)21-16/h6-9,11H,10H2,1-5H3,(H2,19,20,21). The van der Waals surface area contributed by atoms with Gasteiger partial charge in [-0.2, -0.15) is 0 Å². The van der Waals surface area contributed by atoms with Gasteiger partial charge in [0.15, 0.2) is 0 Å². The Bertz CT molecular complexity index is 742. The second-order valence-corrected chi connectivity index (χ2v) is 6.32. The van der Waals surface area contributed by atoms with E-state index < -0.39 is 0 Å². The van der Waals surface area contributed by atoms with Gasteiger partial charge in [-0.3, -0.25) is 4.79 Å². The number of benzene rings is 1. The molecule has 0 spiro atoms. The predicted molar refractivity (Wildman–Crippen MR) is 95.0 cm³/mol. The number of anilines is 1. The first-order chi connectivity index (χ1) is 11.3. The molecule has 0 aliphatic carbocycles. The SMILES string of the molecule is Cc1nc(N)nc(-c2cccc(OCC(C)C)c2)c1C(=O)N(C)C. The van der Waals surface area contributed by atoms with Gasteiger partial charge in [-0.25, -0.2) is 9.97 Å². The second kappa shape index (κ2) is 7.29. The molecule has 24 heavy (non-hydrogen) atoms. The molecule has 0 radical (unpaired) electrons. The molecule has 0 bridgehead atoms. The van der Waals surface area contributed by atoms with Crippen LogP contribution >= 0.6 is 0 Å². The van der Waals surface area contributed by atoms with Crippen molar-refractivity contribution in [2.45, 2.75) is 20.8 Å². The number of hydrogen-bond donors (Lipinski definition) is 1. The average Bonchev–Trinajstić information content (AvgIpc) is 2.51. The third-order valence-electron chi connectivity index (χ3n) is 3.42. The van der Waals surface area contributed by atoms with Crippen molar-refractivity contribution in [2.75, 3.05) is 26.4 Å². The van der Waals surface area contributed by atoms with E-state index in [1.54, 1.807) is 21.0 Å². The number of ether oxygens (including phenoxy) is 1. The Balaban J connectivity index is 2.51. The van der Waals surface area contributed by atoms with Crippen molar-refractivity contribution in [3.63, 3.8) is 0 Å². The molecule has 2 rings (SSSR count). The van der Waals surface area contributed by atoms with E-state index in [2.05, 4.69) is 23.8 Å². The van der Waals surface area contributed by atoms with Crippen molar-refractivity contribution < 1.29 is 9.53 Å². The number of nitrogen functional groups attached to an aromatic ring is 1. The molecule has 0 atom stereocenters. The molecule has 1 amide bonds. The highest BCUT2D eigenvalue weighted by atomic mass is 16.5. The first kappa shape index (κ1) is 17.7. The third kappa shape index (κ3) is 4.01. The number of nitrogens with two attached hydrogens (primary N) is 1. The van der Waals surface area contributed by atoms with E-state index in [4.69, 9.17) is 10.5 Å². The van der Waals surface area contributed by atoms with Crippen LogP contribution in [0.2, 0.25) is 0 Å². The van der Waals surface area contributed by atoms with E-state index in [1.165, 1.54) is 4.90 Å². The lowest BCUT2D eigenvalue weighted by molar-refractivity contribution is 0.0827. The Hall–Kier alpha value is -2.63. The molecule has 1 aromatic heterocycles. The monoisotopic (exact) mass is 328 g/mol. The highest BCUT2D eigenvalue weighted by Crippen LogP contribution is 2.28. The number of hydrogen-bond acceptors (Lipinski definition) is 5. The van der Waals surface area contributed by atoms with Crippen LogP contribution in [-0.2, 0) is 0 Å². The van der Waals surface area contributed by atoms with Gasteiger partial charge >= 0.3 is 0 Å². The maximum atomic E-state index is 12.5. The summed E-state index contributed by atoms with van der Waals surface area (Å²) in [4.78, 5) is 22.5. The number of aryl methyl sites for hydroxylation is 1. The van der Waals surface area contributed by atoms with Gasteiger partial charge in [0.2, 0.25) is 5.95 Å². The van der Waals surface area contributed by atoms with Crippen LogP contribution < -0.4 is 10.5 Å². The summed E-state index contributed by atoms with van der Waals surface area (Å²) in [6, 6.07) is 7.52. The molecule has 0 saturated carbocycles. The molecule has 0 aliphatic heterocycles. The summed E-state index contributed by atoms with van der Waals surface area (Å²) in [5, 5.41) is 0. The van der Waals surface area contributed by atoms with E-state index >= 15 is 0 Å². The first-order valence-electron chi connectivity index (χ1n) is 7.88. The Morgan fingerprint density at radius 1 is 1.29 bits per heavy atom. The fourth-order valence-electron chi connectivity index (χ4n) is 2.28. The molecule has 2 aromatic rings. The second-order valence-electron chi connectivity index (χ2n) is 6.32. The van der Waals surface area contributed by atoms with Crippen LogP contribution in [0.3, 0.4) is 0 Å². The number of amides is 1. The zero-order chi connectivity index (χ0) is 17.9. The van der Waals surface area contributed by atoms with E-state index in [0.29, 0.717) is 29.5 Å². The predicted octanol–water partition coefficient (Wildman–Crippen LogP) is 2.77. The van der Waals surface area contributed by atoms with Crippen molar-refractivity contribution in [2.24, 2.45) is 5.92 Å². The highest BCUT2D eigenvalue weighted by molar-refractivity contribution is 6.00. The smallest absolute Gasteiger partial charge is 0.257 e. The molecule has 0 fully saturated rings. The molecule has 0 saturated heterocycles. The minimum absolute atomic E-state index is 0.145. The number of nitrogens with zero attached hydrogens (tertiary/aromatic N) is 3. The number of carbonyl (C=O) groups excluding carboxylic acids is 1. The molecule has 1 heterocycles. The lowest BCUT2D eigenvalue weighted by Gasteiger charge is -2.16. The Morgan fingerprint density at radius 3 is 2.62 bits per heavy atom. The zero-order valence-corrected chi connectivity index (χ0v) is 14.8. The molecule has 6 heteroatoms. The van der Waals surface area contributed by atoms with Crippen LogP contribution in [0.1, 0.15) is 29.9 Å². The Morgan fingerprint density at radius 2 is 2.00 bits per heavy atom. The normalized spacial score (nSPS) is 10.8. The fraction of sp³-hybridized carbons (Fsp3) is 0.389. The van der Waals surface area contributed by atoms with Crippen LogP contribution in [0.5, 0.6) is 5.75 Å². The van der Waals surface area contributed by atoms with Crippen LogP contribution in [-0.4, -0.2) is 41.5 Å². The van der Waals surface area contributed by atoms with Crippen molar-refractivity contribution in [3.8, 4) is 17.0 Å². The van der Waals surface area contributed by atoms with Gasteiger partial charge in [-0.05, 0) is 25.0 Å². The summed E-state index contributed by atoms with van der Waals surface area (Å²) in [5.74, 6) is 1.15. The highest BCUT2D eigenvalue weighted by Gasteiger charge is 2.21. The average molecular weight is 328 g/mol. The van der Waals surface area contributed by atoms with Gasteiger partial charge in [0.1, 0.15) is 5.75 Å². The summed E-state index contributed by atoms with van der Waals surface area (Å²) in [7, 11) is 3.40. The topological polar surface area (TPSA) is 81.3 Å². The van der Waals surface area contributed by atoms with E-state index in [1.807, 2.05) is 24.3 Å². The summed E-state index contributed by atoms with van der Waals surface area (Å²) in [5.41, 5.74) is 8.11. The minimum atomic E-state index is -0.156. The van der Waals surface area contributed by atoms with Gasteiger partial charge in [0, 0.05) is 19.7 Å². The lowest BCUT2D eigenvalue weighted by atomic mass is 10.0. The van der Waals surface area contributed by atoms with Crippen LogP contribution in [0.25, 0.3) is 11.3 Å². The quantitative estimate of drug-likeness (QED) is 0.912. The van der Waals surface area contributed by atoms with E-state index in [0.717, 1.165) is 11.3 Å². The maximum Gasteiger partial charge on any atom is 0.257 e. The van der Waals surface area contributed by atoms with E-state index in [-0.39, 0.29) is 11.9 Å². The van der Waals surface area contributed by atoms with Crippen molar-refractivity contribution in [3.05, 3.63) is 35.5 Å². The van der Waals surface area contributed by atoms with Gasteiger partial charge in [0.25, 0.3) is 5.91 Å². The summed E-state index contributed by atoms with van der Waals surface area (Å²) < 4.78 is 5.77. The summed E-state index contributed by atoms with van der Waals surface area (Å²) >= 11 is 0. The van der Waals surface area contributed by atoms with Gasteiger partial charge in [-0.1, -0.05) is 26.0 Å². The minimum Gasteiger partial charge on any atom is -0.493 e. The molecular weight excluding hydrogens is 304 g/mol. The number of carbonyl (C=O) groups is 1. The van der Waals surface area contributed by atoms with E-state index in [9.17, 15) is 4.79 Å². The Kier molecular flexibility index (Phi) is 5.39. The van der Waals surface area contributed by atoms with Crippen molar-refractivity contribution in [1.82, 2.24) is 14.9 Å². The Labute approximate surface area is 142 Å². The largest absolute Gasteiger partial charge is 0.493 e. The molecule has 0 aliphatic rings. The van der Waals surface area contributed by atoms with Gasteiger partial charge < -0.3 is 15.4 Å². The molecule has 1 aromatic carbocycles. The van der Waals surface area contributed by atoms with Gasteiger partial charge in [0.05, 0.1) is 23.6 Å². The molecule has 128 valence electrons. The van der Waals surface area contributed by atoms with Crippen LogP contribution in [0.15, 0.2) is 24.3 Å². The zero-order valence-electron chi connectivity index (χ0n) is 14.8. The van der Waals surface area contributed by atoms with Crippen LogP contribution in [0.4, 0.5) is 5.95 Å². The van der Waals surface area contributed by atoms with Crippen LogP contribution in [0, 0.1) is 12.8 Å². The van der Waals surface area contributed by atoms with Crippen molar-refractivity contribution in [1.29, 1.82) is 0 Å². The maximum absolute atomic E-state index is 12.5. The molecule has 6 nitrogen and oxygen atoms in total. The third-order valence-corrected chi connectivity index (χ3v) is 3.42. The number of rotatable bonds is 5. The van der Waals surface area contributed by atoms with Crippen molar-refractivity contribution >= 4 is 11.9 Å². The molecule has 2 N–H and O–H groups in total. The fourth-order valence-corrected chi connectivity index (χ4v) is 2.28. The van der Waals surface area contributed by atoms with Gasteiger partial charge in [-0.15, -0.1) is 0 Å². The summed E-state index contributed by atoms with van der Waals surface area (Å²) in [6.07, 6.45) is 0. The number of aromatic nitrogens is 2. The lowest BCUT2D eigenvalue weighted by Crippen LogP contribution is -2.24. The molecule has 0 unspecified atom stereocenters.